The summed E-state index contributed by atoms with van der Waals surface area (Å²) in [6.07, 6.45) is 9.93. The Morgan fingerprint density at radius 2 is 1.91 bits per heavy atom. The minimum atomic E-state index is -3.57. The lowest BCUT2D eigenvalue weighted by atomic mass is 9.94. The van der Waals surface area contributed by atoms with Crippen molar-refractivity contribution in [1.29, 1.82) is 0 Å². The highest BCUT2D eigenvalue weighted by Gasteiger charge is 2.31. The molecule has 178 valence electrons. The molecule has 0 spiro atoms. The molecule has 1 heterocycles. The van der Waals surface area contributed by atoms with Crippen LogP contribution in [-0.2, 0) is 23.1 Å². The van der Waals surface area contributed by atoms with Crippen LogP contribution in [0.4, 0.5) is 0 Å². The summed E-state index contributed by atoms with van der Waals surface area (Å²) in [4.78, 5) is 15.1. The van der Waals surface area contributed by atoms with Crippen molar-refractivity contribution < 1.29 is 27.9 Å². The van der Waals surface area contributed by atoms with Crippen LogP contribution in [0.2, 0.25) is 0 Å². The molecule has 0 N–H and O–H groups in total. The third-order valence-corrected chi connectivity index (χ3v) is 7.87. The molecule has 2 aliphatic rings. The van der Waals surface area contributed by atoms with Gasteiger partial charge < -0.3 is 18.5 Å². The molecule has 0 saturated carbocycles. The van der Waals surface area contributed by atoms with Crippen LogP contribution in [0.25, 0.3) is 0 Å². The fourth-order valence-electron chi connectivity index (χ4n) is 4.29. The maximum absolute atomic E-state index is 13.3. The number of carbonyl (C=O) groups excluding carboxylic acids is 1. The Labute approximate surface area is 191 Å². The SMILES string of the molecule is CCOP(=O)(OCC)c1ccccc1OC(=O)CN(C[C@H]1CC=CCC1)C[C@@H]1CCCO1. The van der Waals surface area contributed by atoms with Crippen molar-refractivity contribution in [2.75, 3.05) is 39.5 Å². The Hall–Kier alpha value is -1.50. The number of para-hydroxylation sites is 1. The zero-order valence-electron chi connectivity index (χ0n) is 19.2. The quantitative estimate of drug-likeness (QED) is 0.197. The number of hydrogen-bond acceptors (Lipinski definition) is 7. The molecule has 3 rings (SSSR count). The molecule has 1 saturated heterocycles. The molecule has 8 heteroatoms. The van der Waals surface area contributed by atoms with E-state index in [0.717, 1.165) is 45.3 Å². The van der Waals surface area contributed by atoms with E-state index in [9.17, 15) is 9.36 Å². The number of esters is 1. The molecule has 1 aliphatic heterocycles. The molecule has 7 nitrogen and oxygen atoms in total. The number of hydrogen-bond donors (Lipinski definition) is 0. The molecule has 1 aromatic carbocycles. The van der Waals surface area contributed by atoms with E-state index in [1.165, 1.54) is 0 Å². The van der Waals surface area contributed by atoms with Gasteiger partial charge in [0.1, 0.15) is 11.1 Å². The van der Waals surface area contributed by atoms with Crippen LogP contribution in [0, 0.1) is 5.92 Å². The van der Waals surface area contributed by atoms with E-state index < -0.39 is 7.60 Å². The van der Waals surface area contributed by atoms with Gasteiger partial charge in [0.15, 0.2) is 0 Å². The largest absolute Gasteiger partial charge is 0.425 e. The molecule has 0 radical (unpaired) electrons. The Morgan fingerprint density at radius 1 is 1.12 bits per heavy atom. The molecule has 1 aromatic rings. The monoisotopic (exact) mass is 465 g/mol. The minimum Gasteiger partial charge on any atom is -0.425 e. The van der Waals surface area contributed by atoms with Gasteiger partial charge in [-0.2, -0.15) is 0 Å². The lowest BCUT2D eigenvalue weighted by Crippen LogP contribution is -2.41. The lowest BCUT2D eigenvalue weighted by molar-refractivity contribution is -0.136. The first-order chi connectivity index (χ1) is 15.5. The lowest BCUT2D eigenvalue weighted by Gasteiger charge is -2.29. The van der Waals surface area contributed by atoms with Crippen LogP contribution in [0.15, 0.2) is 36.4 Å². The van der Waals surface area contributed by atoms with Gasteiger partial charge >= 0.3 is 13.6 Å². The van der Waals surface area contributed by atoms with Crippen molar-refractivity contribution in [1.82, 2.24) is 4.90 Å². The fraction of sp³-hybridized carbons (Fsp3) is 0.625. The van der Waals surface area contributed by atoms with Crippen molar-refractivity contribution in [3.8, 4) is 5.75 Å². The van der Waals surface area contributed by atoms with Crippen LogP contribution in [0.5, 0.6) is 5.75 Å². The second-order valence-electron chi connectivity index (χ2n) is 8.25. The Kier molecular flexibility index (Phi) is 9.94. The molecule has 32 heavy (non-hydrogen) atoms. The topological polar surface area (TPSA) is 74.3 Å². The van der Waals surface area contributed by atoms with Gasteiger partial charge in [0.2, 0.25) is 0 Å². The highest BCUT2D eigenvalue weighted by molar-refractivity contribution is 7.62. The summed E-state index contributed by atoms with van der Waals surface area (Å²) < 4.78 is 35.7. The number of carbonyl (C=O) groups is 1. The predicted octanol–water partition coefficient (Wildman–Crippen LogP) is 4.32. The first kappa shape index (κ1) is 25.1. The number of benzene rings is 1. The molecule has 0 aromatic heterocycles. The summed E-state index contributed by atoms with van der Waals surface area (Å²) in [5, 5.41) is 0.278. The van der Waals surface area contributed by atoms with Crippen molar-refractivity contribution in [3.63, 3.8) is 0 Å². The summed E-state index contributed by atoms with van der Waals surface area (Å²) >= 11 is 0. The van der Waals surface area contributed by atoms with Crippen LogP contribution in [0.1, 0.15) is 46.0 Å². The van der Waals surface area contributed by atoms with E-state index in [1.54, 1.807) is 38.1 Å². The summed E-state index contributed by atoms with van der Waals surface area (Å²) in [6.45, 7) is 6.45. The minimum absolute atomic E-state index is 0.155. The van der Waals surface area contributed by atoms with Gasteiger partial charge in [0, 0.05) is 19.7 Å². The number of ether oxygens (including phenoxy) is 2. The Morgan fingerprint density at radius 3 is 2.56 bits per heavy atom. The third-order valence-electron chi connectivity index (χ3n) is 5.71. The summed E-state index contributed by atoms with van der Waals surface area (Å²) in [5.41, 5.74) is 0. The predicted molar refractivity (Wildman–Crippen MR) is 124 cm³/mol. The smallest absolute Gasteiger partial charge is 0.365 e. The van der Waals surface area contributed by atoms with Gasteiger partial charge in [-0.05, 0) is 64.0 Å². The van der Waals surface area contributed by atoms with Crippen LogP contribution in [0.3, 0.4) is 0 Å². The zero-order chi connectivity index (χ0) is 22.8. The van der Waals surface area contributed by atoms with Gasteiger partial charge in [-0.15, -0.1) is 0 Å². The average Bonchev–Trinajstić information content (AvgIpc) is 3.28. The molecule has 0 amide bonds. The van der Waals surface area contributed by atoms with Crippen molar-refractivity contribution in [2.45, 2.75) is 52.1 Å². The van der Waals surface area contributed by atoms with E-state index in [-0.39, 0.29) is 42.9 Å². The van der Waals surface area contributed by atoms with Gasteiger partial charge in [-0.1, -0.05) is 24.3 Å². The van der Waals surface area contributed by atoms with Gasteiger partial charge in [-0.3, -0.25) is 14.3 Å². The van der Waals surface area contributed by atoms with Crippen LogP contribution < -0.4 is 10.0 Å². The fourth-order valence-corrected chi connectivity index (χ4v) is 5.98. The van der Waals surface area contributed by atoms with Gasteiger partial charge in [-0.25, -0.2) is 0 Å². The molecule has 0 bridgehead atoms. The number of allylic oxidation sites excluding steroid dienone is 2. The highest BCUT2D eigenvalue weighted by Crippen LogP contribution is 2.49. The standard InChI is InChI=1S/C24H36NO6P/c1-3-29-32(27,30-4-2)23-15-9-8-14-22(23)31-24(26)19-25(18-21-13-10-16-28-21)17-20-11-6-5-7-12-20/h5-6,8-9,14-15,20-21H,3-4,7,10-13,16-19H2,1-2H3/t20-,21-/m0/s1. The van der Waals surface area contributed by atoms with Crippen molar-refractivity contribution >= 4 is 18.9 Å². The normalized spacial score (nSPS) is 21.2. The summed E-state index contributed by atoms with van der Waals surface area (Å²) in [6, 6.07) is 6.74. The maximum atomic E-state index is 13.3. The first-order valence-electron chi connectivity index (χ1n) is 11.7. The summed E-state index contributed by atoms with van der Waals surface area (Å²) in [5.74, 6) is 0.361. The van der Waals surface area contributed by atoms with E-state index >= 15 is 0 Å². The maximum Gasteiger partial charge on any atom is 0.365 e. The molecule has 2 atom stereocenters. The zero-order valence-corrected chi connectivity index (χ0v) is 20.1. The van der Waals surface area contributed by atoms with Gasteiger partial charge in [0.25, 0.3) is 0 Å². The second kappa shape index (κ2) is 12.7. The third kappa shape index (κ3) is 7.26. The molecule has 1 fully saturated rings. The highest BCUT2D eigenvalue weighted by atomic mass is 31.2. The Bertz CT molecular complexity index is 797. The second-order valence-corrected chi connectivity index (χ2v) is 10.2. The van der Waals surface area contributed by atoms with Gasteiger partial charge in [0.05, 0.1) is 25.9 Å². The van der Waals surface area contributed by atoms with Crippen LogP contribution in [-0.4, -0.2) is 56.4 Å². The molecule has 0 unspecified atom stereocenters. The molecular formula is C24H36NO6P. The van der Waals surface area contributed by atoms with E-state index in [1.807, 2.05) is 0 Å². The molecule has 1 aliphatic carbocycles. The number of nitrogens with zero attached hydrogens (tertiary/aromatic N) is 1. The summed E-state index contributed by atoms with van der Waals surface area (Å²) in [7, 11) is -3.57. The van der Waals surface area contributed by atoms with E-state index in [4.69, 9.17) is 18.5 Å². The number of rotatable bonds is 12. The van der Waals surface area contributed by atoms with Crippen molar-refractivity contribution in [3.05, 3.63) is 36.4 Å². The average molecular weight is 466 g/mol. The molecular weight excluding hydrogens is 429 g/mol. The first-order valence-corrected chi connectivity index (χ1v) is 13.3. The van der Waals surface area contributed by atoms with E-state index in [2.05, 4.69) is 17.1 Å². The Balaban J connectivity index is 1.69. The van der Waals surface area contributed by atoms with Crippen molar-refractivity contribution in [2.24, 2.45) is 5.92 Å². The van der Waals surface area contributed by atoms with E-state index in [0.29, 0.717) is 12.5 Å². The van der Waals surface area contributed by atoms with Crippen LogP contribution >= 0.6 is 7.60 Å².